The van der Waals surface area contributed by atoms with Gasteiger partial charge in [-0.05, 0) is 25.3 Å². The summed E-state index contributed by atoms with van der Waals surface area (Å²) in [7, 11) is -1.29. The lowest BCUT2D eigenvalue weighted by atomic mass is 9.88. The summed E-state index contributed by atoms with van der Waals surface area (Å²) in [5, 5.41) is 13.5. The fraction of sp³-hybridized carbons (Fsp3) is 0.667. The van der Waals surface area contributed by atoms with Crippen LogP contribution in [0.25, 0.3) is 0 Å². The Morgan fingerprint density at radius 1 is 1.63 bits per heavy atom. The monoisotopic (exact) mass is 286 g/mol. The average molecular weight is 286 g/mol. The third-order valence-electron chi connectivity index (χ3n) is 3.68. The van der Waals surface area contributed by atoms with Gasteiger partial charge in [-0.3, -0.25) is 9.48 Å². The zero-order valence-electron chi connectivity index (χ0n) is 11.0. The molecule has 0 radical (unpaired) electrons. The van der Waals surface area contributed by atoms with Crippen molar-refractivity contribution in [3.05, 3.63) is 17.5 Å². The summed E-state index contributed by atoms with van der Waals surface area (Å²) < 4.78 is 24.6. The molecule has 0 saturated carbocycles. The van der Waals surface area contributed by atoms with E-state index in [0.29, 0.717) is 12.8 Å². The molecule has 2 atom stereocenters. The topological polar surface area (TPSA) is 89.3 Å². The minimum atomic E-state index is -3.06. The zero-order chi connectivity index (χ0) is 14.2. The van der Waals surface area contributed by atoms with Crippen molar-refractivity contribution in [2.75, 3.05) is 11.5 Å². The van der Waals surface area contributed by atoms with Crippen LogP contribution in [0.15, 0.2) is 6.07 Å². The summed E-state index contributed by atoms with van der Waals surface area (Å²) in [5.74, 6) is -1.79. The van der Waals surface area contributed by atoms with E-state index in [-0.39, 0.29) is 17.4 Å². The van der Waals surface area contributed by atoms with Crippen LogP contribution in [0, 0.1) is 18.8 Å². The Labute approximate surface area is 112 Å². The van der Waals surface area contributed by atoms with Gasteiger partial charge in [0.05, 0.1) is 23.1 Å². The molecule has 2 rings (SSSR count). The molecule has 0 spiro atoms. The molecule has 0 aliphatic carbocycles. The van der Waals surface area contributed by atoms with Crippen LogP contribution in [-0.2, 0) is 28.1 Å². The highest BCUT2D eigenvalue weighted by Gasteiger charge is 2.37. The van der Waals surface area contributed by atoms with Gasteiger partial charge in [0.2, 0.25) is 0 Å². The molecular weight excluding hydrogens is 268 g/mol. The van der Waals surface area contributed by atoms with Crippen LogP contribution < -0.4 is 0 Å². The Morgan fingerprint density at radius 3 is 2.74 bits per heavy atom. The number of rotatable bonds is 4. The number of hydrogen-bond donors (Lipinski definition) is 1. The normalized spacial score (nSPS) is 23.4. The van der Waals surface area contributed by atoms with Crippen molar-refractivity contribution in [3.8, 4) is 0 Å². The number of aromatic nitrogens is 2. The number of hydrogen-bond acceptors (Lipinski definition) is 4. The van der Waals surface area contributed by atoms with Crippen molar-refractivity contribution in [1.82, 2.24) is 9.78 Å². The fourth-order valence-electron chi connectivity index (χ4n) is 2.68. The van der Waals surface area contributed by atoms with E-state index in [9.17, 15) is 18.3 Å². The number of aliphatic carboxylic acids is 1. The predicted octanol–water partition coefficient (Wildman–Crippen LogP) is 0.407. The van der Waals surface area contributed by atoms with Crippen molar-refractivity contribution >= 4 is 15.8 Å². The second kappa shape index (κ2) is 4.96. The lowest BCUT2D eigenvalue weighted by molar-refractivity contribution is -0.143. The summed E-state index contributed by atoms with van der Waals surface area (Å²) in [6.07, 6.45) is 0.767. The summed E-state index contributed by atoms with van der Waals surface area (Å²) in [6, 6.07) is 1.85. The third-order valence-corrected chi connectivity index (χ3v) is 5.48. The molecule has 19 heavy (non-hydrogen) atoms. The molecule has 6 nitrogen and oxygen atoms in total. The molecule has 7 heteroatoms. The van der Waals surface area contributed by atoms with Crippen molar-refractivity contribution < 1.29 is 18.3 Å². The number of carboxylic acid groups (broad SMARTS) is 1. The number of carboxylic acids is 1. The maximum atomic E-state index is 11.5. The van der Waals surface area contributed by atoms with E-state index in [1.807, 2.05) is 13.0 Å². The smallest absolute Gasteiger partial charge is 0.307 e. The summed E-state index contributed by atoms with van der Waals surface area (Å²) >= 11 is 0. The average Bonchev–Trinajstić information content (AvgIpc) is 2.77. The van der Waals surface area contributed by atoms with E-state index in [1.165, 1.54) is 0 Å². The van der Waals surface area contributed by atoms with E-state index in [2.05, 4.69) is 5.10 Å². The Hall–Kier alpha value is -1.37. The quantitative estimate of drug-likeness (QED) is 0.865. The standard InChI is InChI=1S/C12H18N2O4S/c1-8-5-10(14(2)13-8)6-11(12(15)16)9-3-4-19(17,18)7-9/h5,9,11H,3-4,6-7H2,1-2H3,(H,15,16). The van der Waals surface area contributed by atoms with Crippen LogP contribution in [0.1, 0.15) is 17.8 Å². The first-order chi connectivity index (χ1) is 8.78. The lowest BCUT2D eigenvalue weighted by Gasteiger charge is -2.18. The highest BCUT2D eigenvalue weighted by atomic mass is 32.2. The van der Waals surface area contributed by atoms with E-state index >= 15 is 0 Å². The first-order valence-corrected chi connectivity index (χ1v) is 8.03. The molecule has 2 heterocycles. The van der Waals surface area contributed by atoms with Crippen LogP contribution >= 0.6 is 0 Å². The van der Waals surface area contributed by atoms with Gasteiger partial charge in [0, 0.05) is 19.2 Å². The fourth-order valence-corrected chi connectivity index (χ4v) is 4.56. The molecule has 0 bridgehead atoms. The van der Waals surface area contributed by atoms with E-state index < -0.39 is 21.7 Å². The van der Waals surface area contributed by atoms with Crippen LogP contribution in [0.3, 0.4) is 0 Å². The number of carbonyl (C=O) groups is 1. The lowest BCUT2D eigenvalue weighted by Crippen LogP contribution is -2.27. The second-order valence-corrected chi connectivity index (χ2v) is 7.44. The molecule has 0 amide bonds. The number of sulfone groups is 1. The first-order valence-electron chi connectivity index (χ1n) is 6.21. The maximum absolute atomic E-state index is 11.5. The van der Waals surface area contributed by atoms with Gasteiger partial charge >= 0.3 is 5.97 Å². The van der Waals surface area contributed by atoms with Gasteiger partial charge in [-0.25, -0.2) is 8.42 Å². The zero-order valence-corrected chi connectivity index (χ0v) is 11.9. The molecule has 1 aromatic rings. The summed E-state index contributed by atoms with van der Waals surface area (Å²) in [6.45, 7) is 1.85. The van der Waals surface area contributed by atoms with Crippen molar-refractivity contribution in [1.29, 1.82) is 0 Å². The third kappa shape index (κ3) is 3.15. The highest BCUT2D eigenvalue weighted by molar-refractivity contribution is 7.91. The van der Waals surface area contributed by atoms with Crippen LogP contribution in [0.5, 0.6) is 0 Å². The predicted molar refractivity (Wildman–Crippen MR) is 69.5 cm³/mol. The van der Waals surface area contributed by atoms with Crippen LogP contribution in [-0.4, -0.2) is 40.8 Å². The van der Waals surface area contributed by atoms with Crippen molar-refractivity contribution in [3.63, 3.8) is 0 Å². The van der Waals surface area contributed by atoms with Crippen molar-refractivity contribution in [2.45, 2.75) is 19.8 Å². The Bertz CT molecular complexity index is 591. The van der Waals surface area contributed by atoms with Gasteiger partial charge in [-0.2, -0.15) is 5.10 Å². The van der Waals surface area contributed by atoms with Crippen LogP contribution in [0.4, 0.5) is 0 Å². The Kier molecular flexibility index (Phi) is 3.66. The van der Waals surface area contributed by atoms with Gasteiger partial charge in [-0.1, -0.05) is 0 Å². The molecular formula is C12H18N2O4S. The SMILES string of the molecule is Cc1cc(CC(C(=O)O)C2CCS(=O)(=O)C2)n(C)n1. The highest BCUT2D eigenvalue weighted by Crippen LogP contribution is 2.29. The molecule has 1 aromatic heterocycles. The van der Waals surface area contributed by atoms with Crippen molar-refractivity contribution in [2.24, 2.45) is 18.9 Å². The summed E-state index contributed by atoms with van der Waals surface area (Å²) in [4.78, 5) is 11.4. The van der Waals surface area contributed by atoms with Gasteiger partial charge in [0.15, 0.2) is 9.84 Å². The van der Waals surface area contributed by atoms with Crippen LogP contribution in [0.2, 0.25) is 0 Å². The summed E-state index contributed by atoms with van der Waals surface area (Å²) in [5.41, 5.74) is 1.66. The second-order valence-electron chi connectivity index (χ2n) is 5.21. The largest absolute Gasteiger partial charge is 0.481 e. The number of nitrogens with zero attached hydrogens (tertiary/aromatic N) is 2. The number of aryl methyl sites for hydroxylation is 2. The van der Waals surface area contributed by atoms with Gasteiger partial charge < -0.3 is 5.11 Å². The van der Waals surface area contributed by atoms with E-state index in [1.54, 1.807) is 11.7 Å². The first kappa shape index (κ1) is 14.0. The molecule has 106 valence electrons. The molecule has 0 aromatic carbocycles. The molecule has 1 aliphatic rings. The molecule has 2 unspecified atom stereocenters. The van der Waals surface area contributed by atoms with Gasteiger partial charge in [0.1, 0.15) is 0 Å². The van der Waals surface area contributed by atoms with Gasteiger partial charge in [-0.15, -0.1) is 0 Å². The molecule has 1 aliphatic heterocycles. The minimum absolute atomic E-state index is 0.0131. The molecule has 1 saturated heterocycles. The minimum Gasteiger partial charge on any atom is -0.481 e. The van der Waals surface area contributed by atoms with E-state index in [0.717, 1.165) is 11.4 Å². The van der Waals surface area contributed by atoms with E-state index in [4.69, 9.17) is 0 Å². The Morgan fingerprint density at radius 2 is 2.32 bits per heavy atom. The molecule has 1 N–H and O–H groups in total. The maximum Gasteiger partial charge on any atom is 0.307 e. The Balaban J connectivity index is 2.18. The van der Waals surface area contributed by atoms with Gasteiger partial charge in [0.25, 0.3) is 0 Å². The molecule has 1 fully saturated rings.